The van der Waals surface area contributed by atoms with Gasteiger partial charge in [0, 0.05) is 6.42 Å². The van der Waals surface area contributed by atoms with Crippen molar-refractivity contribution in [3.8, 4) is 0 Å². The third-order valence-electron chi connectivity index (χ3n) is 4.57. The van der Waals surface area contributed by atoms with Crippen LogP contribution in [0.25, 0.3) is 0 Å². The first-order valence-electron chi connectivity index (χ1n) is 7.29. The Morgan fingerprint density at radius 2 is 1.57 bits per heavy atom. The predicted molar refractivity (Wildman–Crippen MR) is 80.0 cm³/mol. The molecule has 2 aliphatic rings. The van der Waals surface area contributed by atoms with Gasteiger partial charge in [0.2, 0.25) is 0 Å². The molecular formula is C15H25BO5. The van der Waals surface area contributed by atoms with Crippen LogP contribution in [0.3, 0.4) is 0 Å². The third kappa shape index (κ3) is 2.89. The fourth-order valence-electron chi connectivity index (χ4n) is 2.80. The second-order valence-corrected chi connectivity index (χ2v) is 7.73. The van der Waals surface area contributed by atoms with E-state index in [9.17, 15) is 9.90 Å². The predicted octanol–water partition coefficient (Wildman–Crippen LogP) is 2.59. The number of hydrogen-bond acceptors (Lipinski definition) is 4. The van der Waals surface area contributed by atoms with Crippen molar-refractivity contribution in [1.29, 1.82) is 0 Å². The van der Waals surface area contributed by atoms with Crippen molar-refractivity contribution in [2.75, 3.05) is 0 Å². The van der Waals surface area contributed by atoms with Crippen LogP contribution in [-0.4, -0.2) is 40.6 Å². The van der Waals surface area contributed by atoms with Gasteiger partial charge in [-0.1, -0.05) is 6.08 Å². The van der Waals surface area contributed by atoms with Gasteiger partial charge in [0.1, 0.15) is 0 Å². The number of carboxylic acid groups (broad SMARTS) is 1. The molecular weight excluding hydrogens is 271 g/mol. The second kappa shape index (κ2) is 4.57. The molecule has 5 nitrogen and oxygen atoms in total. The summed E-state index contributed by atoms with van der Waals surface area (Å²) in [5.41, 5.74) is -2.00. The Labute approximate surface area is 126 Å². The SMILES string of the molecule is CC1(C)C=C(B2OC(C)(C)C(C)(C)O2)CC(C)(C(=O)O)O1. The maximum atomic E-state index is 11.5. The number of hydrogen-bond donors (Lipinski definition) is 1. The molecule has 2 aliphatic heterocycles. The quantitative estimate of drug-likeness (QED) is 0.793. The topological polar surface area (TPSA) is 65.0 Å². The zero-order chi connectivity index (χ0) is 16.3. The standard InChI is InChI=1S/C15H25BO5/c1-12(2)8-10(9-15(7,19-12)11(17)18)16-20-13(3,4)14(5,6)21-16/h8H,9H2,1-7H3,(H,17,18). The lowest BCUT2D eigenvalue weighted by Crippen LogP contribution is -2.50. The molecule has 0 aromatic rings. The van der Waals surface area contributed by atoms with E-state index in [1.54, 1.807) is 6.92 Å². The van der Waals surface area contributed by atoms with Gasteiger partial charge in [0.15, 0.2) is 5.60 Å². The number of carboxylic acids is 1. The van der Waals surface area contributed by atoms with E-state index in [0.717, 1.165) is 5.47 Å². The van der Waals surface area contributed by atoms with Gasteiger partial charge in [-0.3, -0.25) is 0 Å². The van der Waals surface area contributed by atoms with Crippen molar-refractivity contribution >= 4 is 13.1 Å². The van der Waals surface area contributed by atoms with Crippen LogP contribution in [0.2, 0.25) is 0 Å². The Morgan fingerprint density at radius 3 is 2.00 bits per heavy atom. The highest BCUT2D eigenvalue weighted by molar-refractivity contribution is 6.54. The number of ether oxygens (including phenoxy) is 1. The molecule has 0 radical (unpaired) electrons. The van der Waals surface area contributed by atoms with Crippen molar-refractivity contribution < 1.29 is 23.9 Å². The molecule has 0 saturated carbocycles. The summed E-state index contributed by atoms with van der Waals surface area (Å²) in [6.07, 6.45) is 2.17. The Hall–Kier alpha value is -0.845. The summed E-state index contributed by atoms with van der Waals surface area (Å²) < 4.78 is 17.8. The molecule has 0 spiro atoms. The lowest BCUT2D eigenvalue weighted by Gasteiger charge is -2.39. The average molecular weight is 296 g/mol. The average Bonchev–Trinajstić information content (AvgIpc) is 2.45. The molecule has 0 aliphatic carbocycles. The summed E-state index contributed by atoms with van der Waals surface area (Å²) in [7, 11) is -0.531. The van der Waals surface area contributed by atoms with E-state index < -0.39 is 35.5 Å². The van der Waals surface area contributed by atoms with E-state index in [1.807, 2.05) is 47.6 Å². The van der Waals surface area contributed by atoms with Crippen molar-refractivity contribution in [2.45, 2.75) is 77.3 Å². The van der Waals surface area contributed by atoms with Gasteiger partial charge in [0.25, 0.3) is 0 Å². The molecule has 2 rings (SSSR count). The van der Waals surface area contributed by atoms with Crippen LogP contribution in [0.4, 0.5) is 0 Å². The first-order valence-corrected chi connectivity index (χ1v) is 7.29. The van der Waals surface area contributed by atoms with E-state index >= 15 is 0 Å². The molecule has 1 atom stereocenters. The van der Waals surface area contributed by atoms with Gasteiger partial charge < -0.3 is 19.2 Å². The fraction of sp³-hybridized carbons (Fsp3) is 0.800. The van der Waals surface area contributed by atoms with E-state index in [-0.39, 0.29) is 6.42 Å². The zero-order valence-corrected chi connectivity index (χ0v) is 13.9. The summed E-state index contributed by atoms with van der Waals surface area (Å²) in [4.78, 5) is 11.5. The summed E-state index contributed by atoms with van der Waals surface area (Å²) in [5.74, 6) is -0.974. The minimum Gasteiger partial charge on any atom is -0.479 e. The molecule has 0 amide bonds. The molecule has 1 fully saturated rings. The van der Waals surface area contributed by atoms with Crippen molar-refractivity contribution in [2.24, 2.45) is 0 Å². The van der Waals surface area contributed by atoms with E-state index in [0.29, 0.717) is 0 Å². The molecule has 0 aromatic heterocycles. The summed E-state index contributed by atoms with van der Waals surface area (Å²) in [6.45, 7) is 13.2. The molecule has 21 heavy (non-hydrogen) atoms. The molecule has 0 aromatic carbocycles. The van der Waals surface area contributed by atoms with Crippen LogP contribution in [-0.2, 0) is 18.8 Å². The van der Waals surface area contributed by atoms with Crippen LogP contribution in [0.1, 0.15) is 54.9 Å². The molecule has 1 unspecified atom stereocenters. The number of carbonyl (C=O) groups is 1. The van der Waals surface area contributed by atoms with E-state index in [1.165, 1.54) is 0 Å². The van der Waals surface area contributed by atoms with E-state index in [2.05, 4.69) is 0 Å². The van der Waals surface area contributed by atoms with Crippen LogP contribution in [0.15, 0.2) is 11.5 Å². The Bertz CT molecular complexity index is 478. The lowest BCUT2D eigenvalue weighted by molar-refractivity contribution is -0.179. The Balaban J connectivity index is 2.32. The van der Waals surface area contributed by atoms with Crippen LogP contribution >= 0.6 is 0 Å². The van der Waals surface area contributed by atoms with Crippen LogP contribution in [0.5, 0.6) is 0 Å². The maximum absolute atomic E-state index is 11.5. The normalized spacial score (nSPS) is 33.7. The molecule has 0 bridgehead atoms. The summed E-state index contributed by atoms with van der Waals surface area (Å²) in [6, 6.07) is 0. The van der Waals surface area contributed by atoms with Crippen molar-refractivity contribution in [3.63, 3.8) is 0 Å². The fourth-order valence-corrected chi connectivity index (χ4v) is 2.80. The molecule has 6 heteroatoms. The van der Waals surface area contributed by atoms with Gasteiger partial charge in [-0.2, -0.15) is 0 Å². The van der Waals surface area contributed by atoms with E-state index in [4.69, 9.17) is 14.0 Å². The zero-order valence-electron chi connectivity index (χ0n) is 13.9. The highest BCUT2D eigenvalue weighted by Gasteiger charge is 2.55. The largest absolute Gasteiger partial charge is 0.490 e. The summed E-state index contributed by atoms with van der Waals surface area (Å²) in [5, 5.41) is 9.46. The van der Waals surface area contributed by atoms with Gasteiger partial charge >= 0.3 is 13.1 Å². The number of aliphatic carboxylic acids is 1. The first-order chi connectivity index (χ1) is 9.28. The summed E-state index contributed by atoms with van der Waals surface area (Å²) >= 11 is 0. The Kier molecular flexibility index (Phi) is 3.60. The smallest absolute Gasteiger partial charge is 0.479 e. The number of rotatable bonds is 2. The lowest BCUT2D eigenvalue weighted by atomic mass is 9.69. The molecule has 118 valence electrons. The third-order valence-corrected chi connectivity index (χ3v) is 4.57. The molecule has 2 heterocycles. The highest BCUT2D eigenvalue weighted by Crippen LogP contribution is 2.43. The van der Waals surface area contributed by atoms with Gasteiger partial charge in [-0.15, -0.1) is 0 Å². The minimum atomic E-state index is -1.27. The van der Waals surface area contributed by atoms with Gasteiger partial charge in [-0.25, -0.2) is 4.79 Å². The minimum absolute atomic E-state index is 0.253. The monoisotopic (exact) mass is 296 g/mol. The van der Waals surface area contributed by atoms with Crippen LogP contribution in [0, 0.1) is 0 Å². The highest BCUT2D eigenvalue weighted by atomic mass is 16.7. The van der Waals surface area contributed by atoms with Gasteiger partial charge in [-0.05, 0) is 53.9 Å². The maximum Gasteiger partial charge on any atom is 0.490 e. The van der Waals surface area contributed by atoms with Crippen molar-refractivity contribution in [3.05, 3.63) is 11.5 Å². The van der Waals surface area contributed by atoms with Crippen molar-refractivity contribution in [1.82, 2.24) is 0 Å². The molecule has 1 N–H and O–H groups in total. The Morgan fingerprint density at radius 1 is 1.10 bits per heavy atom. The second-order valence-electron chi connectivity index (χ2n) is 7.73. The first kappa shape index (κ1) is 16.5. The van der Waals surface area contributed by atoms with Crippen LogP contribution < -0.4 is 0 Å². The molecule has 1 saturated heterocycles. The van der Waals surface area contributed by atoms with Gasteiger partial charge in [0.05, 0.1) is 16.8 Å².